The number of piperidine rings is 1. The molecule has 0 spiro atoms. The molecular formula is C31H46N2O6. The number of methoxy groups -OCH3 is 1. The normalized spacial score (nSPS) is 22.1. The van der Waals surface area contributed by atoms with E-state index in [1.807, 2.05) is 12.1 Å². The molecule has 0 bridgehead atoms. The molecule has 1 saturated heterocycles. The number of rotatable bonds is 17. The molecule has 2 aliphatic rings. The fraction of sp³-hybridized carbons (Fsp3) is 0.613. The van der Waals surface area contributed by atoms with Crippen molar-refractivity contribution < 1.29 is 29.2 Å². The Labute approximate surface area is 233 Å². The Morgan fingerprint density at radius 2 is 1.72 bits per heavy atom. The first-order valence-electron chi connectivity index (χ1n) is 14.4. The molecule has 2 fully saturated rings. The molecule has 1 unspecified atom stereocenters. The number of aromatic hydroxyl groups is 1. The SMILES string of the molecule is COCCCNc1cc(CO[C@H]2CNC[C@@H](OCCC(C)O)[C@@H]2c2ccc(COCC3CC3)cc2)ccc1O. The van der Waals surface area contributed by atoms with Gasteiger partial charge in [-0.1, -0.05) is 30.3 Å². The van der Waals surface area contributed by atoms with Gasteiger partial charge in [-0.3, -0.25) is 0 Å². The number of hydrogen-bond donors (Lipinski definition) is 4. The molecule has 2 aromatic carbocycles. The predicted molar refractivity (Wildman–Crippen MR) is 152 cm³/mol. The van der Waals surface area contributed by atoms with Gasteiger partial charge in [-0.25, -0.2) is 0 Å². The van der Waals surface area contributed by atoms with E-state index in [4.69, 9.17) is 18.9 Å². The maximum absolute atomic E-state index is 10.3. The number of aliphatic hydroxyl groups excluding tert-OH is 1. The monoisotopic (exact) mass is 542 g/mol. The molecule has 216 valence electrons. The predicted octanol–water partition coefficient (Wildman–Crippen LogP) is 4.20. The van der Waals surface area contributed by atoms with Gasteiger partial charge in [0.15, 0.2) is 0 Å². The highest BCUT2D eigenvalue weighted by molar-refractivity contribution is 5.57. The van der Waals surface area contributed by atoms with Gasteiger partial charge in [0.25, 0.3) is 0 Å². The van der Waals surface area contributed by atoms with Crippen molar-refractivity contribution in [1.82, 2.24) is 5.32 Å². The molecule has 2 aromatic rings. The van der Waals surface area contributed by atoms with Crippen molar-refractivity contribution in [2.24, 2.45) is 5.92 Å². The van der Waals surface area contributed by atoms with E-state index in [0.29, 0.717) is 51.6 Å². The Morgan fingerprint density at radius 1 is 0.974 bits per heavy atom. The summed E-state index contributed by atoms with van der Waals surface area (Å²) >= 11 is 0. The van der Waals surface area contributed by atoms with Crippen LogP contribution in [0.2, 0.25) is 0 Å². The third-order valence-electron chi connectivity index (χ3n) is 7.41. The largest absolute Gasteiger partial charge is 0.506 e. The summed E-state index contributed by atoms with van der Waals surface area (Å²) < 4.78 is 23.8. The fourth-order valence-corrected chi connectivity index (χ4v) is 4.93. The van der Waals surface area contributed by atoms with Crippen LogP contribution in [0.5, 0.6) is 5.75 Å². The van der Waals surface area contributed by atoms with Crippen molar-refractivity contribution in [2.75, 3.05) is 51.9 Å². The molecule has 8 nitrogen and oxygen atoms in total. The molecule has 0 radical (unpaired) electrons. The quantitative estimate of drug-likeness (QED) is 0.174. The lowest BCUT2D eigenvalue weighted by molar-refractivity contribution is -0.0639. The highest BCUT2D eigenvalue weighted by atomic mass is 16.5. The molecule has 8 heteroatoms. The Kier molecular flexibility index (Phi) is 11.9. The molecular weight excluding hydrogens is 496 g/mol. The molecule has 0 aromatic heterocycles. The van der Waals surface area contributed by atoms with Crippen LogP contribution in [0.25, 0.3) is 0 Å². The maximum atomic E-state index is 10.3. The van der Waals surface area contributed by atoms with Gasteiger partial charge in [0.05, 0.1) is 37.2 Å². The van der Waals surface area contributed by atoms with Crippen molar-refractivity contribution in [3.63, 3.8) is 0 Å². The number of nitrogens with one attached hydrogen (secondary N) is 2. The summed E-state index contributed by atoms with van der Waals surface area (Å²) in [7, 11) is 1.68. The lowest BCUT2D eigenvalue weighted by atomic mass is 9.85. The minimum atomic E-state index is -0.395. The second kappa shape index (κ2) is 15.6. The molecule has 1 aliphatic carbocycles. The van der Waals surface area contributed by atoms with Crippen LogP contribution in [0.4, 0.5) is 5.69 Å². The van der Waals surface area contributed by atoms with Crippen LogP contribution < -0.4 is 10.6 Å². The summed E-state index contributed by atoms with van der Waals surface area (Å²) in [6.45, 7) is 7.02. The minimum absolute atomic E-state index is 0.0467. The maximum Gasteiger partial charge on any atom is 0.138 e. The summed E-state index contributed by atoms with van der Waals surface area (Å²) in [6, 6.07) is 14.2. The Bertz CT molecular complexity index is 982. The number of phenols is 1. The van der Waals surface area contributed by atoms with Gasteiger partial charge in [-0.2, -0.15) is 0 Å². The topological polar surface area (TPSA) is 101 Å². The van der Waals surface area contributed by atoms with E-state index in [9.17, 15) is 10.2 Å². The van der Waals surface area contributed by atoms with Crippen LogP contribution in [-0.2, 0) is 32.2 Å². The van der Waals surface area contributed by atoms with Crippen LogP contribution in [-0.4, -0.2) is 75.1 Å². The zero-order valence-electron chi connectivity index (χ0n) is 23.4. The molecule has 1 aliphatic heterocycles. The summed E-state index contributed by atoms with van der Waals surface area (Å²) in [6.07, 6.45) is 3.48. The highest BCUT2D eigenvalue weighted by Crippen LogP contribution is 2.33. The zero-order chi connectivity index (χ0) is 27.5. The average molecular weight is 543 g/mol. The van der Waals surface area contributed by atoms with E-state index < -0.39 is 6.10 Å². The van der Waals surface area contributed by atoms with Crippen LogP contribution >= 0.6 is 0 Å². The molecule has 39 heavy (non-hydrogen) atoms. The first kappa shape index (κ1) is 29.8. The van der Waals surface area contributed by atoms with Crippen molar-refractivity contribution >= 4 is 5.69 Å². The number of benzene rings is 2. The first-order valence-corrected chi connectivity index (χ1v) is 14.4. The third kappa shape index (κ3) is 9.74. The number of anilines is 1. The van der Waals surface area contributed by atoms with Crippen LogP contribution in [0.3, 0.4) is 0 Å². The van der Waals surface area contributed by atoms with Crippen LogP contribution in [0.15, 0.2) is 42.5 Å². The van der Waals surface area contributed by atoms with Gasteiger partial charge >= 0.3 is 0 Å². The minimum Gasteiger partial charge on any atom is -0.506 e. The molecule has 1 saturated carbocycles. The van der Waals surface area contributed by atoms with E-state index in [1.54, 1.807) is 20.1 Å². The number of phenolic OH excluding ortho intramolecular Hbond substituents is 1. The Hall–Kier alpha value is -2.20. The van der Waals surface area contributed by atoms with E-state index in [2.05, 4.69) is 34.9 Å². The zero-order valence-corrected chi connectivity index (χ0v) is 23.4. The Balaban J connectivity index is 1.41. The molecule has 1 heterocycles. The average Bonchev–Trinajstić information content (AvgIpc) is 3.76. The van der Waals surface area contributed by atoms with Crippen LogP contribution in [0.1, 0.15) is 55.2 Å². The van der Waals surface area contributed by atoms with Crippen molar-refractivity contribution in [1.29, 1.82) is 0 Å². The first-order chi connectivity index (χ1) is 19.0. The lowest BCUT2D eigenvalue weighted by Crippen LogP contribution is -2.50. The smallest absolute Gasteiger partial charge is 0.138 e. The third-order valence-corrected chi connectivity index (χ3v) is 7.41. The van der Waals surface area contributed by atoms with Gasteiger partial charge in [0, 0.05) is 52.5 Å². The fourth-order valence-electron chi connectivity index (χ4n) is 4.93. The highest BCUT2D eigenvalue weighted by Gasteiger charge is 2.36. The van der Waals surface area contributed by atoms with Gasteiger partial charge in [-0.05, 0) is 67.3 Å². The van der Waals surface area contributed by atoms with E-state index in [-0.39, 0.29) is 23.9 Å². The summed E-state index contributed by atoms with van der Waals surface area (Å²) in [5, 5.41) is 26.8. The summed E-state index contributed by atoms with van der Waals surface area (Å²) in [5.74, 6) is 1.03. The van der Waals surface area contributed by atoms with Crippen LogP contribution in [0, 0.1) is 5.92 Å². The second-order valence-electron chi connectivity index (χ2n) is 10.9. The molecule has 4 atom stereocenters. The number of aliphatic hydroxyl groups is 1. The summed E-state index contributed by atoms with van der Waals surface area (Å²) in [4.78, 5) is 0. The Morgan fingerprint density at radius 3 is 2.44 bits per heavy atom. The van der Waals surface area contributed by atoms with E-state index >= 15 is 0 Å². The lowest BCUT2D eigenvalue weighted by Gasteiger charge is -2.39. The van der Waals surface area contributed by atoms with Gasteiger partial charge < -0.3 is 39.8 Å². The van der Waals surface area contributed by atoms with Gasteiger partial charge in [0.1, 0.15) is 5.75 Å². The van der Waals surface area contributed by atoms with Crippen molar-refractivity contribution in [2.45, 2.75) is 70.1 Å². The molecule has 4 N–H and O–H groups in total. The van der Waals surface area contributed by atoms with E-state index in [1.165, 1.54) is 24.0 Å². The van der Waals surface area contributed by atoms with Gasteiger partial charge in [0.2, 0.25) is 0 Å². The number of ether oxygens (including phenoxy) is 4. The standard InChI is InChI=1S/C31H46N2O6/c1-22(34)12-15-38-29-17-32-18-30(31(29)26-9-6-24(7-10-26)20-37-19-23-4-5-23)39-21-25-8-11-28(35)27(16-25)33-13-3-14-36-2/h6-11,16,22-23,29-35H,3-5,12-15,17-21H2,1-2H3/t22?,29-,30+,31+/m1/s1. The van der Waals surface area contributed by atoms with Crippen molar-refractivity contribution in [3.05, 3.63) is 59.2 Å². The molecule has 4 rings (SSSR count). The van der Waals surface area contributed by atoms with Gasteiger partial charge in [-0.15, -0.1) is 0 Å². The number of hydrogen-bond acceptors (Lipinski definition) is 8. The van der Waals surface area contributed by atoms with Crippen molar-refractivity contribution in [3.8, 4) is 5.75 Å². The second-order valence-corrected chi connectivity index (χ2v) is 10.9. The van der Waals surface area contributed by atoms with E-state index in [0.717, 1.165) is 31.1 Å². The summed E-state index contributed by atoms with van der Waals surface area (Å²) in [5.41, 5.74) is 4.04. The molecule has 0 amide bonds.